The Morgan fingerprint density at radius 1 is 1.78 bits per heavy atom. The molecule has 2 heteroatoms. The minimum absolute atomic E-state index is 0.496. The first-order valence-corrected chi connectivity index (χ1v) is 3.28. The molecule has 0 bridgehead atoms. The van der Waals surface area contributed by atoms with Gasteiger partial charge in [-0.3, -0.25) is 0 Å². The number of hydrogen-bond donors (Lipinski definition) is 0. The SMILES string of the molecule is C/C=C/OCCC1CO1. The van der Waals surface area contributed by atoms with Crippen LogP contribution in [0.2, 0.25) is 0 Å². The fourth-order valence-electron chi connectivity index (χ4n) is 0.598. The van der Waals surface area contributed by atoms with Gasteiger partial charge in [0.15, 0.2) is 0 Å². The highest BCUT2D eigenvalue weighted by Gasteiger charge is 2.21. The van der Waals surface area contributed by atoms with Gasteiger partial charge in [0.1, 0.15) is 0 Å². The van der Waals surface area contributed by atoms with Crippen LogP contribution in [0.1, 0.15) is 13.3 Å². The molecule has 0 aliphatic carbocycles. The van der Waals surface area contributed by atoms with E-state index in [1.807, 2.05) is 13.0 Å². The van der Waals surface area contributed by atoms with E-state index in [1.165, 1.54) is 0 Å². The van der Waals surface area contributed by atoms with Gasteiger partial charge in [0, 0.05) is 6.42 Å². The summed E-state index contributed by atoms with van der Waals surface area (Å²) in [4.78, 5) is 0. The summed E-state index contributed by atoms with van der Waals surface area (Å²) in [6.45, 7) is 3.65. The van der Waals surface area contributed by atoms with E-state index in [-0.39, 0.29) is 0 Å². The molecule has 1 unspecified atom stereocenters. The smallest absolute Gasteiger partial charge is 0.0898 e. The Labute approximate surface area is 55.5 Å². The van der Waals surface area contributed by atoms with E-state index < -0.39 is 0 Å². The lowest BCUT2D eigenvalue weighted by molar-refractivity contribution is 0.228. The van der Waals surface area contributed by atoms with Gasteiger partial charge < -0.3 is 9.47 Å². The van der Waals surface area contributed by atoms with E-state index in [0.29, 0.717) is 6.10 Å². The van der Waals surface area contributed by atoms with E-state index in [2.05, 4.69) is 0 Å². The largest absolute Gasteiger partial charge is 0.501 e. The number of ether oxygens (including phenoxy) is 2. The van der Waals surface area contributed by atoms with Crippen LogP contribution < -0.4 is 0 Å². The van der Waals surface area contributed by atoms with Gasteiger partial charge in [-0.2, -0.15) is 0 Å². The summed E-state index contributed by atoms with van der Waals surface area (Å²) < 4.78 is 10.1. The van der Waals surface area contributed by atoms with Gasteiger partial charge in [0.2, 0.25) is 0 Å². The van der Waals surface area contributed by atoms with E-state index in [9.17, 15) is 0 Å². The molecule has 52 valence electrons. The fraction of sp³-hybridized carbons (Fsp3) is 0.714. The highest BCUT2D eigenvalue weighted by atomic mass is 16.6. The van der Waals surface area contributed by atoms with Crippen LogP contribution in [-0.4, -0.2) is 19.3 Å². The molecule has 0 radical (unpaired) electrons. The standard InChI is InChI=1S/C7H12O2/c1-2-4-8-5-3-7-6-9-7/h2,4,7H,3,5-6H2,1H3/b4-2+. The Hall–Kier alpha value is -0.500. The molecule has 1 atom stereocenters. The average Bonchev–Trinajstić information content (AvgIpc) is 2.63. The van der Waals surface area contributed by atoms with Crippen LogP contribution >= 0.6 is 0 Å². The zero-order chi connectivity index (χ0) is 6.53. The molecule has 2 nitrogen and oxygen atoms in total. The van der Waals surface area contributed by atoms with E-state index in [4.69, 9.17) is 9.47 Å². The van der Waals surface area contributed by atoms with Crippen molar-refractivity contribution in [2.75, 3.05) is 13.2 Å². The van der Waals surface area contributed by atoms with Crippen molar-refractivity contribution in [3.63, 3.8) is 0 Å². The molecule has 1 saturated heterocycles. The van der Waals surface area contributed by atoms with Crippen molar-refractivity contribution in [3.8, 4) is 0 Å². The molecule has 1 aliphatic heterocycles. The third-order valence-electron chi connectivity index (χ3n) is 1.19. The molecular formula is C7H12O2. The Kier molecular flexibility index (Phi) is 2.58. The minimum Gasteiger partial charge on any atom is -0.501 e. The zero-order valence-electron chi connectivity index (χ0n) is 5.67. The van der Waals surface area contributed by atoms with Gasteiger partial charge in [-0.05, 0) is 6.92 Å². The van der Waals surface area contributed by atoms with Crippen molar-refractivity contribution in [2.45, 2.75) is 19.4 Å². The van der Waals surface area contributed by atoms with Gasteiger partial charge >= 0.3 is 0 Å². The highest BCUT2D eigenvalue weighted by Crippen LogP contribution is 2.12. The quantitative estimate of drug-likeness (QED) is 0.323. The van der Waals surface area contributed by atoms with Crippen molar-refractivity contribution < 1.29 is 9.47 Å². The molecule has 1 fully saturated rings. The average molecular weight is 128 g/mol. The summed E-state index contributed by atoms with van der Waals surface area (Å²) in [6, 6.07) is 0. The predicted octanol–water partition coefficient (Wildman–Crippen LogP) is 1.33. The molecule has 1 heterocycles. The van der Waals surface area contributed by atoms with Crippen LogP contribution in [0.15, 0.2) is 12.3 Å². The van der Waals surface area contributed by atoms with Crippen molar-refractivity contribution in [3.05, 3.63) is 12.3 Å². The topological polar surface area (TPSA) is 21.8 Å². The maximum atomic E-state index is 5.07. The number of epoxide rings is 1. The molecule has 0 aromatic rings. The Morgan fingerprint density at radius 2 is 2.56 bits per heavy atom. The van der Waals surface area contributed by atoms with E-state index in [0.717, 1.165) is 19.6 Å². The summed E-state index contributed by atoms with van der Waals surface area (Å²) in [5.41, 5.74) is 0. The van der Waals surface area contributed by atoms with Crippen LogP contribution in [0.25, 0.3) is 0 Å². The lowest BCUT2D eigenvalue weighted by atomic mass is 10.4. The van der Waals surface area contributed by atoms with Crippen LogP contribution in [0.3, 0.4) is 0 Å². The fourth-order valence-corrected chi connectivity index (χ4v) is 0.598. The summed E-state index contributed by atoms with van der Waals surface area (Å²) in [5, 5.41) is 0. The third kappa shape index (κ3) is 3.14. The van der Waals surface area contributed by atoms with Crippen molar-refractivity contribution in [1.29, 1.82) is 0 Å². The minimum atomic E-state index is 0.496. The summed E-state index contributed by atoms with van der Waals surface area (Å²) in [5.74, 6) is 0. The molecular weight excluding hydrogens is 116 g/mol. The van der Waals surface area contributed by atoms with Crippen LogP contribution in [0.4, 0.5) is 0 Å². The van der Waals surface area contributed by atoms with Crippen molar-refractivity contribution in [1.82, 2.24) is 0 Å². The van der Waals surface area contributed by atoms with Gasteiger partial charge in [-0.25, -0.2) is 0 Å². The molecule has 0 amide bonds. The molecule has 9 heavy (non-hydrogen) atoms. The second-order valence-corrected chi connectivity index (χ2v) is 2.08. The summed E-state index contributed by atoms with van der Waals surface area (Å²) in [7, 11) is 0. The van der Waals surface area contributed by atoms with Crippen LogP contribution in [0.5, 0.6) is 0 Å². The third-order valence-corrected chi connectivity index (χ3v) is 1.19. The molecule has 0 aromatic heterocycles. The number of hydrogen-bond acceptors (Lipinski definition) is 2. The Balaban J connectivity index is 1.81. The Bertz CT molecular complexity index is 95.1. The Morgan fingerprint density at radius 3 is 3.11 bits per heavy atom. The summed E-state index contributed by atoms with van der Waals surface area (Å²) in [6.07, 6.45) is 5.12. The number of rotatable bonds is 4. The lowest BCUT2D eigenvalue weighted by Gasteiger charge is -1.94. The monoisotopic (exact) mass is 128 g/mol. The first kappa shape index (κ1) is 6.62. The summed E-state index contributed by atoms with van der Waals surface area (Å²) >= 11 is 0. The van der Waals surface area contributed by atoms with Crippen molar-refractivity contribution in [2.24, 2.45) is 0 Å². The molecule has 1 aliphatic rings. The predicted molar refractivity (Wildman–Crippen MR) is 35.1 cm³/mol. The lowest BCUT2D eigenvalue weighted by Crippen LogP contribution is -1.92. The van der Waals surface area contributed by atoms with Crippen molar-refractivity contribution >= 4 is 0 Å². The van der Waals surface area contributed by atoms with Gasteiger partial charge in [0.25, 0.3) is 0 Å². The second kappa shape index (κ2) is 3.51. The molecule has 0 spiro atoms. The van der Waals surface area contributed by atoms with E-state index >= 15 is 0 Å². The van der Waals surface area contributed by atoms with Crippen LogP contribution in [0, 0.1) is 0 Å². The van der Waals surface area contributed by atoms with Gasteiger partial charge in [0.05, 0.1) is 25.6 Å². The highest BCUT2D eigenvalue weighted by molar-refractivity contribution is 4.70. The van der Waals surface area contributed by atoms with Gasteiger partial charge in [-0.15, -0.1) is 0 Å². The molecule has 1 rings (SSSR count). The number of allylic oxidation sites excluding steroid dienone is 1. The first-order chi connectivity index (χ1) is 4.43. The first-order valence-electron chi connectivity index (χ1n) is 3.28. The maximum absolute atomic E-state index is 5.07. The molecule has 0 aromatic carbocycles. The van der Waals surface area contributed by atoms with E-state index in [1.54, 1.807) is 6.26 Å². The van der Waals surface area contributed by atoms with Crippen LogP contribution in [-0.2, 0) is 9.47 Å². The normalized spacial score (nSPS) is 24.8. The zero-order valence-corrected chi connectivity index (χ0v) is 5.67. The van der Waals surface area contributed by atoms with Gasteiger partial charge in [-0.1, -0.05) is 6.08 Å². The maximum Gasteiger partial charge on any atom is 0.0898 e. The molecule has 0 N–H and O–H groups in total. The molecule has 0 saturated carbocycles. The second-order valence-electron chi connectivity index (χ2n) is 2.08.